The number of ether oxygens (including phenoxy) is 3. The van der Waals surface area contributed by atoms with Crippen molar-refractivity contribution in [3.8, 4) is 0 Å². The molecule has 2 unspecified atom stereocenters. The Morgan fingerprint density at radius 3 is 2.57 bits per heavy atom. The van der Waals surface area contributed by atoms with Crippen LogP contribution < -0.4 is 0 Å². The quantitative estimate of drug-likeness (QED) is 0.448. The third-order valence-electron chi connectivity index (χ3n) is 1.44. The molecule has 4 nitrogen and oxygen atoms in total. The van der Waals surface area contributed by atoms with Crippen LogP contribution in [0, 0.1) is 0 Å². The average molecular weight is 204 g/mol. The number of aliphatic hydroxyl groups is 1. The van der Waals surface area contributed by atoms with E-state index >= 15 is 0 Å². The fraction of sp³-hybridized carbons (Fsp3) is 0.800. The second-order valence-corrected chi connectivity index (χ2v) is 3.11. The molecular formula is C10H20O4. The molecule has 0 rings (SSSR count). The zero-order chi connectivity index (χ0) is 10.8. The molecule has 0 fully saturated rings. The van der Waals surface area contributed by atoms with Crippen molar-refractivity contribution in [1.29, 1.82) is 0 Å². The maximum Gasteiger partial charge on any atom is 0.111 e. The molecule has 0 radical (unpaired) electrons. The standard InChI is InChI=1S/C10H20O4/c1-4-12-5-6-13-8-10(3)14-7-9(2)11/h4,9-11H,1,5-8H2,2-3H3. The lowest BCUT2D eigenvalue weighted by Gasteiger charge is -2.14. The first-order valence-corrected chi connectivity index (χ1v) is 4.76. The van der Waals surface area contributed by atoms with Gasteiger partial charge < -0.3 is 19.3 Å². The van der Waals surface area contributed by atoms with E-state index < -0.39 is 6.10 Å². The molecule has 0 aliphatic heterocycles. The minimum absolute atomic E-state index is 0.00617. The lowest BCUT2D eigenvalue weighted by Crippen LogP contribution is -2.22. The van der Waals surface area contributed by atoms with Crippen LogP contribution in [0.2, 0.25) is 0 Å². The zero-order valence-electron chi connectivity index (χ0n) is 8.94. The first-order valence-electron chi connectivity index (χ1n) is 4.76. The molecule has 4 heteroatoms. The summed E-state index contributed by atoms with van der Waals surface area (Å²) in [7, 11) is 0. The largest absolute Gasteiger partial charge is 0.499 e. The first kappa shape index (κ1) is 13.4. The van der Waals surface area contributed by atoms with Crippen molar-refractivity contribution in [1.82, 2.24) is 0 Å². The van der Waals surface area contributed by atoms with Crippen LogP contribution in [0.15, 0.2) is 12.8 Å². The molecule has 0 saturated heterocycles. The highest BCUT2D eigenvalue weighted by molar-refractivity contribution is 4.51. The van der Waals surface area contributed by atoms with Gasteiger partial charge in [-0.25, -0.2) is 0 Å². The van der Waals surface area contributed by atoms with E-state index in [0.717, 1.165) is 0 Å². The molecule has 0 saturated carbocycles. The normalized spacial score (nSPS) is 14.8. The van der Waals surface area contributed by atoms with Gasteiger partial charge in [-0.05, 0) is 13.8 Å². The van der Waals surface area contributed by atoms with Crippen LogP contribution >= 0.6 is 0 Å². The summed E-state index contributed by atoms with van der Waals surface area (Å²) in [6.07, 6.45) is 0.950. The molecule has 1 N–H and O–H groups in total. The number of hydrogen-bond donors (Lipinski definition) is 1. The van der Waals surface area contributed by atoms with Crippen LogP contribution in [-0.2, 0) is 14.2 Å². The summed E-state index contributed by atoms with van der Waals surface area (Å²) in [4.78, 5) is 0. The Bertz CT molecular complexity index is 136. The van der Waals surface area contributed by atoms with E-state index in [2.05, 4.69) is 6.58 Å². The van der Waals surface area contributed by atoms with Crippen molar-refractivity contribution < 1.29 is 19.3 Å². The van der Waals surface area contributed by atoms with Gasteiger partial charge in [-0.3, -0.25) is 0 Å². The maximum atomic E-state index is 8.95. The van der Waals surface area contributed by atoms with E-state index in [4.69, 9.17) is 19.3 Å². The van der Waals surface area contributed by atoms with Gasteiger partial charge in [0.25, 0.3) is 0 Å². The monoisotopic (exact) mass is 204 g/mol. The predicted molar refractivity (Wildman–Crippen MR) is 54.1 cm³/mol. The summed E-state index contributed by atoms with van der Waals surface area (Å²) in [5.41, 5.74) is 0. The molecule has 0 aliphatic carbocycles. The van der Waals surface area contributed by atoms with Gasteiger partial charge in [0.05, 0.1) is 38.3 Å². The third-order valence-corrected chi connectivity index (χ3v) is 1.44. The van der Waals surface area contributed by atoms with Crippen molar-refractivity contribution in [2.24, 2.45) is 0 Å². The number of rotatable bonds is 9. The van der Waals surface area contributed by atoms with Gasteiger partial charge in [-0.2, -0.15) is 0 Å². The maximum absolute atomic E-state index is 8.95. The van der Waals surface area contributed by atoms with Crippen LogP contribution in [0.5, 0.6) is 0 Å². The molecule has 0 aromatic rings. The van der Waals surface area contributed by atoms with Crippen LogP contribution in [-0.4, -0.2) is 43.7 Å². The highest BCUT2D eigenvalue weighted by Gasteiger charge is 2.03. The van der Waals surface area contributed by atoms with Gasteiger partial charge >= 0.3 is 0 Å². The van der Waals surface area contributed by atoms with E-state index in [1.165, 1.54) is 6.26 Å². The predicted octanol–water partition coefficient (Wildman–Crippen LogP) is 0.949. The van der Waals surface area contributed by atoms with Crippen molar-refractivity contribution in [3.05, 3.63) is 12.8 Å². The minimum atomic E-state index is -0.429. The number of aliphatic hydroxyl groups excluding tert-OH is 1. The summed E-state index contributed by atoms with van der Waals surface area (Å²) in [6, 6.07) is 0. The van der Waals surface area contributed by atoms with Gasteiger partial charge in [-0.15, -0.1) is 0 Å². The second-order valence-electron chi connectivity index (χ2n) is 3.11. The number of hydrogen-bond acceptors (Lipinski definition) is 4. The third kappa shape index (κ3) is 9.51. The van der Waals surface area contributed by atoms with Crippen LogP contribution in [0.4, 0.5) is 0 Å². The summed E-state index contributed by atoms with van der Waals surface area (Å²) in [5.74, 6) is 0. The molecule has 84 valence electrons. The van der Waals surface area contributed by atoms with E-state index in [1.807, 2.05) is 6.92 Å². The fourth-order valence-electron chi connectivity index (χ4n) is 0.791. The van der Waals surface area contributed by atoms with Gasteiger partial charge in [0.2, 0.25) is 0 Å². The van der Waals surface area contributed by atoms with Crippen LogP contribution in [0.3, 0.4) is 0 Å². The molecule has 0 bridgehead atoms. The smallest absolute Gasteiger partial charge is 0.111 e. The molecule has 2 atom stereocenters. The zero-order valence-corrected chi connectivity index (χ0v) is 8.94. The SMILES string of the molecule is C=COCCOCC(C)OCC(C)O. The Hall–Kier alpha value is -0.580. The summed E-state index contributed by atoms with van der Waals surface area (Å²) >= 11 is 0. The summed E-state index contributed by atoms with van der Waals surface area (Å²) < 4.78 is 15.4. The van der Waals surface area contributed by atoms with Gasteiger partial charge in [0.15, 0.2) is 0 Å². The first-order chi connectivity index (χ1) is 6.66. The summed E-state index contributed by atoms with van der Waals surface area (Å²) in [5, 5.41) is 8.95. The van der Waals surface area contributed by atoms with Crippen molar-refractivity contribution in [2.45, 2.75) is 26.1 Å². The van der Waals surface area contributed by atoms with Gasteiger partial charge in [-0.1, -0.05) is 6.58 Å². The highest BCUT2D eigenvalue weighted by atomic mass is 16.5. The molecule has 0 aromatic heterocycles. The average Bonchev–Trinajstić information content (AvgIpc) is 2.14. The Labute approximate surface area is 85.5 Å². The lowest BCUT2D eigenvalue weighted by atomic mass is 10.4. The molecular weight excluding hydrogens is 184 g/mol. The molecule has 14 heavy (non-hydrogen) atoms. The Balaban J connectivity index is 3.17. The van der Waals surface area contributed by atoms with Crippen molar-refractivity contribution in [2.75, 3.05) is 26.4 Å². The molecule has 0 aliphatic rings. The molecule has 0 spiro atoms. The summed E-state index contributed by atoms with van der Waals surface area (Å²) in [6.45, 7) is 8.87. The molecule has 0 aromatic carbocycles. The Morgan fingerprint density at radius 2 is 2.00 bits per heavy atom. The minimum Gasteiger partial charge on any atom is -0.499 e. The highest BCUT2D eigenvalue weighted by Crippen LogP contribution is 1.94. The van der Waals surface area contributed by atoms with E-state index in [9.17, 15) is 0 Å². The van der Waals surface area contributed by atoms with E-state index in [-0.39, 0.29) is 6.10 Å². The van der Waals surface area contributed by atoms with Crippen molar-refractivity contribution in [3.63, 3.8) is 0 Å². The van der Waals surface area contributed by atoms with Crippen LogP contribution in [0.1, 0.15) is 13.8 Å². The Kier molecular flexibility index (Phi) is 8.62. The topological polar surface area (TPSA) is 47.9 Å². The van der Waals surface area contributed by atoms with Crippen molar-refractivity contribution >= 4 is 0 Å². The fourth-order valence-corrected chi connectivity index (χ4v) is 0.791. The van der Waals surface area contributed by atoms with Gasteiger partial charge in [0.1, 0.15) is 6.61 Å². The van der Waals surface area contributed by atoms with E-state index in [0.29, 0.717) is 26.4 Å². The second kappa shape index (κ2) is 8.99. The molecule has 0 amide bonds. The van der Waals surface area contributed by atoms with Gasteiger partial charge in [0, 0.05) is 0 Å². The van der Waals surface area contributed by atoms with E-state index in [1.54, 1.807) is 6.92 Å². The lowest BCUT2D eigenvalue weighted by molar-refractivity contribution is -0.0414. The van der Waals surface area contributed by atoms with Crippen LogP contribution in [0.25, 0.3) is 0 Å². The Morgan fingerprint density at radius 1 is 1.29 bits per heavy atom. The molecule has 0 heterocycles.